The van der Waals surface area contributed by atoms with E-state index in [2.05, 4.69) is 26.9 Å². The minimum Gasteiger partial charge on any atom is -0.380 e. The minimum atomic E-state index is 0.247. The van der Waals surface area contributed by atoms with Gasteiger partial charge in [-0.05, 0) is 41.4 Å². The van der Waals surface area contributed by atoms with E-state index in [0.29, 0.717) is 12.6 Å². The molecule has 0 amide bonds. The van der Waals surface area contributed by atoms with Crippen molar-refractivity contribution in [2.24, 2.45) is 5.73 Å². The van der Waals surface area contributed by atoms with Gasteiger partial charge in [-0.3, -0.25) is 4.90 Å². The lowest BCUT2D eigenvalue weighted by Crippen LogP contribution is -2.43. The van der Waals surface area contributed by atoms with Crippen molar-refractivity contribution in [2.75, 3.05) is 26.7 Å². The molecule has 0 bridgehead atoms. The first kappa shape index (κ1) is 14.8. The predicted molar refractivity (Wildman–Crippen MR) is 80.4 cm³/mol. The van der Waals surface area contributed by atoms with Crippen molar-refractivity contribution in [1.82, 2.24) is 4.90 Å². The molecular weight excluding hydrogens is 336 g/mol. The van der Waals surface area contributed by atoms with Crippen LogP contribution in [0, 0.1) is 0 Å². The lowest BCUT2D eigenvalue weighted by molar-refractivity contribution is 0.0161. The molecule has 2 unspecified atom stereocenters. The number of nitrogens with zero attached hydrogens (tertiary/aromatic N) is 1. The number of methoxy groups -OCH3 is 1. The van der Waals surface area contributed by atoms with Crippen LogP contribution in [0.1, 0.15) is 23.8 Å². The summed E-state index contributed by atoms with van der Waals surface area (Å²) in [5.41, 5.74) is 5.95. The van der Waals surface area contributed by atoms with E-state index in [1.165, 1.54) is 4.88 Å². The molecule has 0 radical (unpaired) electrons. The highest BCUT2D eigenvalue weighted by atomic mass is 79.9. The van der Waals surface area contributed by atoms with Crippen molar-refractivity contribution in [2.45, 2.75) is 25.0 Å². The maximum atomic E-state index is 6.11. The van der Waals surface area contributed by atoms with Gasteiger partial charge in [0.25, 0.3) is 0 Å². The molecule has 0 aliphatic carbocycles. The van der Waals surface area contributed by atoms with Gasteiger partial charge in [0, 0.05) is 29.5 Å². The van der Waals surface area contributed by atoms with Crippen LogP contribution in [0.4, 0.5) is 0 Å². The summed E-state index contributed by atoms with van der Waals surface area (Å²) in [5, 5.41) is 0. The number of piperidine rings is 1. The molecule has 1 fully saturated rings. The van der Waals surface area contributed by atoms with Crippen LogP contribution in [0.15, 0.2) is 10.5 Å². The first-order chi connectivity index (χ1) is 8.65. The first-order valence-corrected chi connectivity index (χ1v) is 8.06. The third-order valence-corrected chi connectivity index (χ3v) is 5.98. The molecule has 2 rings (SSSR count). The van der Waals surface area contributed by atoms with E-state index in [-0.39, 0.29) is 6.04 Å². The Morgan fingerprint density at radius 3 is 3.06 bits per heavy atom. The minimum absolute atomic E-state index is 0.247. The Bertz CT molecular complexity index is 382. The SMILES string of the molecule is COC1CCCN(C(CN)c2cc(Br)c(Cl)s2)C1. The lowest BCUT2D eigenvalue weighted by atomic mass is 10.0. The van der Waals surface area contributed by atoms with Gasteiger partial charge in [-0.25, -0.2) is 0 Å². The van der Waals surface area contributed by atoms with Crippen LogP contribution in [0.2, 0.25) is 4.34 Å². The van der Waals surface area contributed by atoms with Crippen LogP contribution in [0.3, 0.4) is 0 Å². The number of thiophene rings is 1. The van der Waals surface area contributed by atoms with Crippen molar-refractivity contribution in [3.05, 3.63) is 19.8 Å². The van der Waals surface area contributed by atoms with Crippen molar-refractivity contribution in [3.63, 3.8) is 0 Å². The molecule has 0 spiro atoms. The van der Waals surface area contributed by atoms with Gasteiger partial charge in [0.15, 0.2) is 0 Å². The molecule has 6 heteroatoms. The van der Waals surface area contributed by atoms with Crippen LogP contribution >= 0.6 is 38.9 Å². The fourth-order valence-corrected chi connectivity index (χ4v) is 4.30. The second-order valence-corrected chi connectivity index (χ2v) is 7.06. The van der Waals surface area contributed by atoms with Crippen LogP contribution in [-0.4, -0.2) is 37.7 Å². The smallest absolute Gasteiger partial charge is 0.107 e. The fraction of sp³-hybridized carbons (Fsp3) is 0.667. The number of rotatable bonds is 4. The summed E-state index contributed by atoms with van der Waals surface area (Å²) < 4.78 is 7.22. The van der Waals surface area contributed by atoms with Crippen LogP contribution in [0.25, 0.3) is 0 Å². The zero-order valence-corrected chi connectivity index (χ0v) is 13.5. The molecule has 1 aliphatic heterocycles. The maximum Gasteiger partial charge on any atom is 0.107 e. The van der Waals surface area contributed by atoms with Crippen molar-refractivity contribution in [1.29, 1.82) is 0 Å². The Balaban J connectivity index is 2.12. The number of halogens is 2. The van der Waals surface area contributed by atoms with Gasteiger partial charge in [-0.1, -0.05) is 11.6 Å². The fourth-order valence-electron chi connectivity index (χ4n) is 2.41. The number of nitrogens with two attached hydrogens (primary N) is 1. The second kappa shape index (κ2) is 6.68. The molecule has 2 atom stereocenters. The molecule has 2 N–H and O–H groups in total. The van der Waals surface area contributed by atoms with Gasteiger partial charge >= 0.3 is 0 Å². The molecule has 1 aliphatic rings. The van der Waals surface area contributed by atoms with Gasteiger partial charge in [0.05, 0.1) is 12.1 Å². The third-order valence-electron chi connectivity index (χ3n) is 3.40. The molecule has 0 aromatic carbocycles. The van der Waals surface area contributed by atoms with Crippen molar-refractivity contribution < 1.29 is 4.74 Å². The number of ether oxygens (including phenoxy) is 1. The Kier molecular flexibility index (Phi) is 5.47. The van der Waals surface area contributed by atoms with E-state index in [9.17, 15) is 0 Å². The summed E-state index contributed by atoms with van der Waals surface area (Å²) in [6, 6.07) is 2.33. The van der Waals surface area contributed by atoms with E-state index >= 15 is 0 Å². The summed E-state index contributed by atoms with van der Waals surface area (Å²) in [6.45, 7) is 2.64. The van der Waals surface area contributed by atoms with E-state index in [1.54, 1.807) is 18.4 Å². The number of likely N-dealkylation sites (tertiary alicyclic amines) is 1. The van der Waals surface area contributed by atoms with Crippen LogP contribution in [0.5, 0.6) is 0 Å². The zero-order chi connectivity index (χ0) is 13.1. The van der Waals surface area contributed by atoms with Gasteiger partial charge in [-0.2, -0.15) is 0 Å². The average molecular weight is 354 g/mol. The monoisotopic (exact) mass is 352 g/mol. The van der Waals surface area contributed by atoms with E-state index < -0.39 is 0 Å². The topological polar surface area (TPSA) is 38.5 Å². The average Bonchev–Trinajstić information content (AvgIpc) is 2.70. The Labute approximate surface area is 125 Å². The van der Waals surface area contributed by atoms with Crippen molar-refractivity contribution in [3.8, 4) is 0 Å². The number of hydrogen-bond acceptors (Lipinski definition) is 4. The molecule has 1 saturated heterocycles. The summed E-state index contributed by atoms with van der Waals surface area (Å²) in [7, 11) is 1.78. The molecular formula is C12H18BrClN2OS. The summed E-state index contributed by atoms with van der Waals surface area (Å²) >= 11 is 11.2. The Morgan fingerprint density at radius 1 is 1.72 bits per heavy atom. The largest absolute Gasteiger partial charge is 0.380 e. The zero-order valence-electron chi connectivity index (χ0n) is 10.4. The molecule has 1 aromatic heterocycles. The quantitative estimate of drug-likeness (QED) is 0.903. The number of hydrogen-bond donors (Lipinski definition) is 1. The van der Waals surface area contributed by atoms with Gasteiger partial charge in [0.1, 0.15) is 4.34 Å². The summed E-state index contributed by atoms with van der Waals surface area (Å²) in [5.74, 6) is 0. The molecule has 18 heavy (non-hydrogen) atoms. The van der Waals surface area contributed by atoms with Crippen LogP contribution in [-0.2, 0) is 4.74 Å². The Hall–Kier alpha value is 0.350. The summed E-state index contributed by atoms with van der Waals surface area (Å²) in [6.07, 6.45) is 2.63. The first-order valence-electron chi connectivity index (χ1n) is 6.07. The molecule has 102 valence electrons. The van der Waals surface area contributed by atoms with Gasteiger partial charge in [-0.15, -0.1) is 11.3 Å². The molecule has 2 heterocycles. The highest BCUT2D eigenvalue weighted by molar-refractivity contribution is 9.10. The predicted octanol–water partition coefficient (Wildman–Crippen LogP) is 3.27. The van der Waals surface area contributed by atoms with Gasteiger partial charge in [0.2, 0.25) is 0 Å². The molecule has 3 nitrogen and oxygen atoms in total. The maximum absolute atomic E-state index is 6.11. The summed E-state index contributed by atoms with van der Waals surface area (Å²) in [4.78, 5) is 3.64. The highest BCUT2D eigenvalue weighted by Crippen LogP contribution is 2.37. The van der Waals surface area contributed by atoms with Gasteiger partial charge < -0.3 is 10.5 Å². The second-order valence-electron chi connectivity index (χ2n) is 4.52. The van der Waals surface area contributed by atoms with Crippen LogP contribution < -0.4 is 5.73 Å². The van der Waals surface area contributed by atoms with E-state index in [0.717, 1.165) is 34.7 Å². The molecule has 0 saturated carbocycles. The lowest BCUT2D eigenvalue weighted by Gasteiger charge is -2.36. The highest BCUT2D eigenvalue weighted by Gasteiger charge is 2.27. The van der Waals surface area contributed by atoms with E-state index in [4.69, 9.17) is 22.1 Å². The standard InChI is InChI=1S/C12H18BrClN2OS/c1-17-8-3-2-4-16(7-8)10(6-15)11-5-9(13)12(14)18-11/h5,8,10H,2-4,6-7,15H2,1H3. The Morgan fingerprint density at radius 2 is 2.50 bits per heavy atom. The third kappa shape index (κ3) is 3.26. The molecule has 1 aromatic rings. The van der Waals surface area contributed by atoms with Crippen molar-refractivity contribution >= 4 is 38.9 Å². The van der Waals surface area contributed by atoms with E-state index in [1.807, 2.05) is 0 Å². The normalized spacial score (nSPS) is 23.2.